The summed E-state index contributed by atoms with van der Waals surface area (Å²) in [4.78, 5) is 0. The number of hydrogen-bond donors (Lipinski definition) is 2. The minimum absolute atomic E-state index is 0.326. The van der Waals surface area contributed by atoms with E-state index in [0.29, 0.717) is 26.3 Å². The summed E-state index contributed by atoms with van der Waals surface area (Å²) < 4.78 is 17.6. The van der Waals surface area contributed by atoms with E-state index in [2.05, 4.69) is 52.1 Å². The van der Waals surface area contributed by atoms with E-state index < -0.39 is 6.10 Å². The van der Waals surface area contributed by atoms with Crippen molar-refractivity contribution < 1.29 is 19.2 Å². The van der Waals surface area contributed by atoms with Crippen LogP contribution < -0.4 is 10.8 Å². The Morgan fingerprint density at radius 1 is 1.12 bits per heavy atom. The molecule has 1 aliphatic heterocycles. The lowest BCUT2D eigenvalue weighted by Gasteiger charge is -2.32. The first-order chi connectivity index (χ1) is 12.2. The summed E-state index contributed by atoms with van der Waals surface area (Å²) in [6, 6.07) is 8.22. The van der Waals surface area contributed by atoms with Crippen LogP contribution in [-0.4, -0.2) is 49.3 Å². The second-order valence-corrected chi connectivity index (χ2v) is 8.04. The summed E-state index contributed by atoms with van der Waals surface area (Å²) in [5.41, 5.74) is 1.53. The van der Waals surface area contributed by atoms with Crippen molar-refractivity contribution in [2.45, 2.75) is 71.3 Å². The van der Waals surface area contributed by atoms with Gasteiger partial charge in [0.2, 0.25) is 0 Å². The third kappa shape index (κ3) is 5.79. The van der Waals surface area contributed by atoms with Crippen LogP contribution in [-0.2, 0) is 20.6 Å². The van der Waals surface area contributed by atoms with Crippen LogP contribution in [0.3, 0.4) is 0 Å². The third-order valence-corrected chi connectivity index (χ3v) is 5.17. The van der Waals surface area contributed by atoms with Gasteiger partial charge in [-0.1, -0.05) is 37.6 Å². The minimum Gasteiger partial charge on any atom is -0.399 e. The molecule has 0 aliphatic carbocycles. The van der Waals surface area contributed by atoms with Crippen molar-refractivity contribution in [1.29, 1.82) is 0 Å². The Labute approximate surface area is 158 Å². The van der Waals surface area contributed by atoms with E-state index in [1.54, 1.807) is 0 Å². The van der Waals surface area contributed by atoms with Gasteiger partial charge in [-0.05, 0) is 45.1 Å². The molecule has 0 amide bonds. The average Bonchev–Trinajstić information content (AvgIpc) is 2.80. The number of nitrogens with one attached hydrogen (secondary N) is 1. The maximum atomic E-state index is 9.89. The largest absolute Gasteiger partial charge is 0.494 e. The van der Waals surface area contributed by atoms with Crippen molar-refractivity contribution >= 4 is 12.6 Å². The van der Waals surface area contributed by atoms with Crippen molar-refractivity contribution in [3.8, 4) is 0 Å². The van der Waals surface area contributed by atoms with E-state index in [-0.39, 0.29) is 18.3 Å². The maximum absolute atomic E-state index is 9.89. The average molecular weight is 363 g/mol. The maximum Gasteiger partial charge on any atom is 0.494 e. The van der Waals surface area contributed by atoms with Gasteiger partial charge in [0.25, 0.3) is 0 Å². The Kier molecular flexibility index (Phi) is 7.68. The molecule has 1 atom stereocenters. The highest BCUT2D eigenvalue weighted by molar-refractivity contribution is 6.62. The summed E-state index contributed by atoms with van der Waals surface area (Å²) >= 11 is 0. The second kappa shape index (κ2) is 9.33. The van der Waals surface area contributed by atoms with Crippen LogP contribution in [0.2, 0.25) is 0 Å². The zero-order chi connectivity index (χ0) is 19.2. The molecule has 1 fully saturated rings. The smallest absolute Gasteiger partial charge is 0.399 e. The first-order valence-electron chi connectivity index (χ1n) is 9.66. The van der Waals surface area contributed by atoms with Crippen LogP contribution in [0, 0.1) is 0 Å². The molecule has 146 valence electrons. The van der Waals surface area contributed by atoms with Crippen molar-refractivity contribution in [3.05, 3.63) is 29.8 Å². The molecule has 5 nitrogen and oxygen atoms in total. The molecular formula is C20H34BNO4. The Morgan fingerprint density at radius 3 is 2.31 bits per heavy atom. The fourth-order valence-corrected chi connectivity index (χ4v) is 2.68. The summed E-state index contributed by atoms with van der Waals surface area (Å²) in [5, 5.41) is 13.2. The van der Waals surface area contributed by atoms with Crippen molar-refractivity contribution in [3.63, 3.8) is 0 Å². The van der Waals surface area contributed by atoms with Crippen LogP contribution in [0.1, 0.15) is 53.0 Å². The Bertz CT molecular complexity index is 531. The first-order valence-corrected chi connectivity index (χ1v) is 9.66. The van der Waals surface area contributed by atoms with Crippen LogP contribution >= 0.6 is 0 Å². The number of benzene rings is 1. The lowest BCUT2D eigenvalue weighted by atomic mass is 9.79. The van der Waals surface area contributed by atoms with Gasteiger partial charge in [-0.2, -0.15) is 0 Å². The van der Waals surface area contributed by atoms with E-state index in [1.807, 2.05) is 12.1 Å². The van der Waals surface area contributed by atoms with Gasteiger partial charge < -0.3 is 24.5 Å². The molecule has 2 rings (SSSR count). The van der Waals surface area contributed by atoms with Gasteiger partial charge in [0.05, 0.1) is 23.9 Å². The van der Waals surface area contributed by atoms with Crippen molar-refractivity contribution in [2.75, 3.05) is 19.8 Å². The van der Waals surface area contributed by atoms with E-state index in [1.165, 1.54) is 0 Å². The van der Waals surface area contributed by atoms with Gasteiger partial charge in [-0.15, -0.1) is 0 Å². The second-order valence-electron chi connectivity index (χ2n) is 8.04. The molecule has 0 aromatic heterocycles. The highest BCUT2D eigenvalue weighted by atomic mass is 16.7. The van der Waals surface area contributed by atoms with Crippen LogP contribution in [0.15, 0.2) is 24.3 Å². The summed E-state index contributed by atoms with van der Waals surface area (Å²) in [6.07, 6.45) is 1.67. The van der Waals surface area contributed by atoms with Gasteiger partial charge in [-0.3, -0.25) is 0 Å². The highest BCUT2D eigenvalue weighted by Gasteiger charge is 2.51. The molecule has 1 aliphatic rings. The van der Waals surface area contributed by atoms with Crippen LogP contribution in [0.5, 0.6) is 0 Å². The Hall–Kier alpha value is -0.915. The predicted molar refractivity (Wildman–Crippen MR) is 106 cm³/mol. The van der Waals surface area contributed by atoms with Gasteiger partial charge >= 0.3 is 7.12 Å². The van der Waals surface area contributed by atoms with E-state index in [9.17, 15) is 5.11 Å². The fraction of sp³-hybridized carbons (Fsp3) is 0.700. The lowest BCUT2D eigenvalue weighted by Crippen LogP contribution is -2.41. The molecule has 1 aromatic rings. The molecule has 0 spiro atoms. The third-order valence-electron chi connectivity index (χ3n) is 5.17. The molecular weight excluding hydrogens is 329 g/mol. The molecule has 1 aromatic carbocycles. The number of unbranched alkanes of at least 4 members (excludes halogenated alkanes) is 1. The summed E-state index contributed by atoms with van der Waals surface area (Å²) in [7, 11) is -0.330. The van der Waals surface area contributed by atoms with Gasteiger partial charge in [0.15, 0.2) is 0 Å². The predicted octanol–water partition coefficient (Wildman–Crippen LogP) is 2.25. The standard InChI is InChI=1S/C20H34BNO4/c1-6-7-12-24-15-18(23)14-22-13-16-8-10-17(11-9-16)21-25-19(2,3)20(4,5)26-21/h8-11,18,22-23H,6-7,12-15H2,1-5H3. The first kappa shape index (κ1) is 21.4. The number of aliphatic hydroxyl groups is 1. The molecule has 0 saturated carbocycles. The molecule has 1 saturated heterocycles. The van der Waals surface area contributed by atoms with Gasteiger partial charge in [0.1, 0.15) is 0 Å². The van der Waals surface area contributed by atoms with Gasteiger partial charge in [-0.25, -0.2) is 0 Å². The Balaban J connectivity index is 1.75. The number of aliphatic hydroxyl groups excluding tert-OH is 1. The van der Waals surface area contributed by atoms with E-state index in [0.717, 1.165) is 23.9 Å². The lowest BCUT2D eigenvalue weighted by molar-refractivity contribution is 0.00578. The van der Waals surface area contributed by atoms with E-state index >= 15 is 0 Å². The molecule has 1 unspecified atom stereocenters. The zero-order valence-corrected chi connectivity index (χ0v) is 16.9. The molecule has 1 heterocycles. The number of rotatable bonds is 10. The Morgan fingerprint density at radius 2 is 1.73 bits per heavy atom. The molecule has 26 heavy (non-hydrogen) atoms. The van der Waals surface area contributed by atoms with Crippen molar-refractivity contribution in [2.24, 2.45) is 0 Å². The molecule has 0 bridgehead atoms. The zero-order valence-electron chi connectivity index (χ0n) is 16.9. The number of ether oxygens (including phenoxy) is 1. The molecule has 6 heteroatoms. The van der Waals surface area contributed by atoms with E-state index in [4.69, 9.17) is 14.0 Å². The minimum atomic E-state index is -0.476. The highest BCUT2D eigenvalue weighted by Crippen LogP contribution is 2.36. The van der Waals surface area contributed by atoms with Crippen LogP contribution in [0.4, 0.5) is 0 Å². The topological polar surface area (TPSA) is 60.0 Å². The normalized spacial score (nSPS) is 19.7. The SMILES string of the molecule is CCCCOCC(O)CNCc1ccc(B2OC(C)(C)C(C)(C)O2)cc1. The fourth-order valence-electron chi connectivity index (χ4n) is 2.68. The summed E-state index contributed by atoms with van der Waals surface area (Å²) in [5.74, 6) is 0. The molecule has 2 N–H and O–H groups in total. The van der Waals surface area contributed by atoms with Gasteiger partial charge in [0, 0.05) is 19.7 Å². The quantitative estimate of drug-likeness (QED) is 0.493. The van der Waals surface area contributed by atoms with Crippen LogP contribution in [0.25, 0.3) is 0 Å². The molecule has 0 radical (unpaired) electrons. The monoisotopic (exact) mass is 363 g/mol. The van der Waals surface area contributed by atoms with Crippen molar-refractivity contribution in [1.82, 2.24) is 5.32 Å². The number of hydrogen-bond acceptors (Lipinski definition) is 5. The summed E-state index contributed by atoms with van der Waals surface area (Å²) in [6.45, 7) is 12.7.